The van der Waals surface area contributed by atoms with Gasteiger partial charge in [0.2, 0.25) is 70.9 Å². The van der Waals surface area contributed by atoms with E-state index in [1.165, 1.54) is 84.8 Å². The Morgan fingerprint density at radius 1 is 0.577 bits per heavy atom. The number of amides is 12. The fraction of sp³-hybridized carbons (Fsp3) is 0.763. The summed E-state index contributed by atoms with van der Waals surface area (Å²) in [5, 5.41) is 8.31. The van der Waals surface area contributed by atoms with Gasteiger partial charge < -0.3 is 60.0 Å². The minimum Gasteiger partial charge on any atom is -0.343 e. The molecule has 3 aliphatic heterocycles. The van der Waals surface area contributed by atoms with Gasteiger partial charge in [0.25, 0.3) is 0 Å². The molecule has 8 rings (SSSR count). The molecule has 0 aromatic heterocycles. The number of carbonyl (C=O) groups excluding carboxylic acids is 12. The van der Waals surface area contributed by atoms with Crippen molar-refractivity contribution >= 4 is 82.5 Å². The van der Waals surface area contributed by atoms with Crippen LogP contribution in [0, 0.1) is 23.7 Å². The monoisotopic (exact) mass is 1480 g/mol. The molecule has 0 radical (unpaired) electrons. The molecule has 104 heavy (non-hydrogen) atoms. The number of benzene rings is 1. The summed E-state index contributed by atoms with van der Waals surface area (Å²) in [7, 11) is 10.2. The van der Waals surface area contributed by atoms with E-state index >= 15 is 33.6 Å². The molecule has 1 spiro atoms. The minimum absolute atomic E-state index is 0.0216. The second kappa shape index (κ2) is 37.5. The van der Waals surface area contributed by atoms with Crippen molar-refractivity contribution in [2.75, 3.05) is 88.6 Å². The number of fused-ring (bicyclic) bond motifs is 1. The number of rotatable bonds is 11. The van der Waals surface area contributed by atoms with Gasteiger partial charge in [0, 0.05) is 69.0 Å². The third-order valence-corrected chi connectivity index (χ3v) is 24.2. The lowest BCUT2D eigenvalue weighted by atomic mass is 9.81. The van der Waals surface area contributed by atoms with Gasteiger partial charge in [0.15, 0.2) is 0 Å². The Balaban J connectivity index is 1.18. The molecule has 3 saturated heterocycles. The lowest BCUT2D eigenvalue weighted by molar-refractivity contribution is -0.157. The van der Waals surface area contributed by atoms with Gasteiger partial charge in [0.1, 0.15) is 47.8 Å². The largest absolute Gasteiger partial charge is 0.417 e. The van der Waals surface area contributed by atoms with E-state index in [2.05, 4.69) is 16.0 Å². The summed E-state index contributed by atoms with van der Waals surface area (Å²) in [5.74, 6) is -8.27. The van der Waals surface area contributed by atoms with E-state index in [1.807, 2.05) is 6.92 Å². The number of hydrogen-bond acceptors (Lipinski definition) is 12. The van der Waals surface area contributed by atoms with Crippen molar-refractivity contribution < 1.29 is 70.7 Å². The van der Waals surface area contributed by atoms with Crippen LogP contribution in [0.1, 0.15) is 211 Å². The van der Waals surface area contributed by atoms with Gasteiger partial charge in [-0.2, -0.15) is 13.2 Å². The average Bonchev–Trinajstić information content (AvgIpc) is 1.70. The van der Waals surface area contributed by atoms with Crippen LogP contribution in [-0.2, 0) is 70.1 Å². The number of likely N-dealkylation sites (tertiary alicyclic amines) is 1. The van der Waals surface area contributed by atoms with Crippen molar-refractivity contribution in [2.24, 2.45) is 23.7 Å². The SMILES string of the molecule is CC[C@H](C)[C@@H]1NC(=O)[C@H](CC2CCCCC2)N(C)C(=O)C[C@@H](C(=O)N2CCCCC2)N(C)C(=O)[C@H](C2CCCCC2)N(C)C(=O)C2(CCCC2)NC(=O)C2CCCN2C(=O)[C@H](CCc2ccc(C(F)(F)F)c(Cl)c2)NC(=O)CN(C)C(=O)[C@H](CC2CCCCC2)N(C)C(=O)CN(C)C(=O)CN(C)C1=O. The first-order valence-corrected chi connectivity index (χ1v) is 38.9. The first-order chi connectivity index (χ1) is 49.3. The van der Waals surface area contributed by atoms with Crippen LogP contribution in [0.4, 0.5) is 13.2 Å². The van der Waals surface area contributed by atoms with Crippen LogP contribution in [0.3, 0.4) is 0 Å². The van der Waals surface area contributed by atoms with Crippen LogP contribution >= 0.6 is 11.6 Å². The van der Waals surface area contributed by atoms with Crippen LogP contribution in [-0.4, -0.2) is 251 Å². The number of nitrogens with zero attached hydrogens (tertiary/aromatic N) is 9. The fourth-order valence-electron chi connectivity index (χ4n) is 17.1. The highest BCUT2D eigenvalue weighted by molar-refractivity contribution is 6.31. The summed E-state index contributed by atoms with van der Waals surface area (Å²) in [6, 6.07) is -5.42. The van der Waals surface area contributed by atoms with Crippen LogP contribution < -0.4 is 16.0 Å². The lowest BCUT2D eigenvalue weighted by Gasteiger charge is -2.43. The fourth-order valence-corrected chi connectivity index (χ4v) is 17.5. The quantitative estimate of drug-likeness (QED) is 0.196. The summed E-state index contributed by atoms with van der Waals surface area (Å²) >= 11 is 6.18. The van der Waals surface area contributed by atoms with E-state index in [9.17, 15) is 37.1 Å². The van der Waals surface area contributed by atoms with Crippen LogP contribution in [0.5, 0.6) is 0 Å². The maximum atomic E-state index is 15.9. The number of aryl methyl sites for hydroxylation is 1. The molecule has 1 aromatic rings. The highest BCUT2D eigenvalue weighted by atomic mass is 35.5. The molecule has 1 unspecified atom stereocenters. The molecule has 0 bridgehead atoms. The van der Waals surface area contributed by atoms with Crippen molar-refractivity contribution in [2.45, 2.75) is 260 Å². The molecule has 1 aromatic carbocycles. The number of alkyl halides is 3. The van der Waals surface area contributed by atoms with Crippen molar-refractivity contribution in [3.63, 3.8) is 0 Å². The Morgan fingerprint density at radius 3 is 1.72 bits per heavy atom. The zero-order valence-electron chi connectivity index (χ0n) is 63.0. The van der Waals surface area contributed by atoms with E-state index in [1.54, 1.807) is 11.8 Å². The van der Waals surface area contributed by atoms with Crippen LogP contribution in [0.15, 0.2) is 18.2 Å². The maximum Gasteiger partial charge on any atom is 0.417 e. The van der Waals surface area contributed by atoms with Gasteiger partial charge >= 0.3 is 6.18 Å². The number of nitrogens with one attached hydrogen (secondary N) is 3. The van der Waals surface area contributed by atoms with Gasteiger partial charge in [0.05, 0.1) is 36.6 Å². The predicted molar refractivity (Wildman–Crippen MR) is 385 cm³/mol. The molecule has 7 aliphatic rings. The molecule has 28 heteroatoms. The number of piperidine rings is 1. The molecule has 580 valence electrons. The highest BCUT2D eigenvalue weighted by Crippen LogP contribution is 2.39. The standard InChI is InChI=1S/C76H116ClF3N12O12/c1-10-49(2)65-72(102)86(5)47-63(95)84(3)48-64(96)88(7)59(44-51-28-17-12-18-29-51)70(100)85(4)46-61(93)81-56(36-34-52-33-35-54(55(77)42-52)76(78,79)80)69(99)92-41-25-32-57(92)68(98)83-75(37-21-22-38-75)74(104)90(9)66(53-30-19-13-20-31-53)73(103)89(8)60(71(101)91-39-23-14-24-40-91)45-62(94)87(6)58(67(97)82-65)43-50-26-15-11-16-27-50/h33,35,42,49-51,53,56-60,65-66H,10-32,34,36-41,43-48H2,1-9H3,(H,81,93)(H,82,97)(H,83,98)/t49-,56-,57?,58-,59-,60-,65-,66-/m0/s1. The third kappa shape index (κ3) is 20.7. The molecule has 8 atom stereocenters. The Kier molecular flexibility index (Phi) is 29.7. The van der Waals surface area contributed by atoms with Gasteiger partial charge in [-0.1, -0.05) is 134 Å². The summed E-state index contributed by atoms with van der Waals surface area (Å²) < 4.78 is 41.7. The molecule has 4 saturated carbocycles. The second-order valence-corrected chi connectivity index (χ2v) is 31.7. The zero-order valence-corrected chi connectivity index (χ0v) is 63.7. The summed E-state index contributed by atoms with van der Waals surface area (Å²) in [6.45, 7) is 2.81. The average molecular weight is 1480 g/mol. The molecule has 3 N–H and O–H groups in total. The van der Waals surface area contributed by atoms with Crippen LogP contribution in [0.25, 0.3) is 0 Å². The summed E-state index contributed by atoms with van der Waals surface area (Å²) in [4.78, 5) is 193. The number of likely N-dealkylation sites (N-methyl/N-ethyl adjacent to an activating group) is 7. The number of hydrogen-bond donors (Lipinski definition) is 3. The molecule has 12 amide bonds. The topological polar surface area (TPSA) is 270 Å². The van der Waals surface area contributed by atoms with Crippen molar-refractivity contribution in [3.05, 3.63) is 34.3 Å². The van der Waals surface area contributed by atoms with E-state index in [0.29, 0.717) is 70.0 Å². The molecule has 7 fully saturated rings. The number of halogens is 4. The van der Waals surface area contributed by atoms with Crippen molar-refractivity contribution in [1.82, 2.24) is 60.0 Å². The second-order valence-electron chi connectivity index (χ2n) is 31.3. The Bertz CT molecular complexity index is 3220. The molecular formula is C76H116ClF3N12O12. The maximum absolute atomic E-state index is 15.9. The van der Waals surface area contributed by atoms with E-state index < -0.39 is 173 Å². The van der Waals surface area contributed by atoms with Gasteiger partial charge in [-0.3, -0.25) is 57.5 Å². The Morgan fingerprint density at radius 2 is 1.13 bits per heavy atom. The molecule has 24 nitrogen and oxygen atoms in total. The van der Waals surface area contributed by atoms with Gasteiger partial charge in [-0.15, -0.1) is 0 Å². The number of carbonyl (C=O) groups is 12. The van der Waals surface area contributed by atoms with E-state index in [4.69, 9.17) is 11.6 Å². The van der Waals surface area contributed by atoms with Crippen molar-refractivity contribution in [1.29, 1.82) is 0 Å². The van der Waals surface area contributed by atoms with E-state index in [0.717, 1.165) is 112 Å². The molecular weight excluding hydrogens is 1370 g/mol. The first-order valence-electron chi connectivity index (χ1n) is 38.5. The Hall–Kier alpha value is -7.06. The Labute approximate surface area is 617 Å². The summed E-state index contributed by atoms with van der Waals surface area (Å²) in [5.41, 5.74) is -2.33. The predicted octanol–water partition coefficient (Wildman–Crippen LogP) is 7.35. The minimum atomic E-state index is -4.76. The van der Waals surface area contributed by atoms with E-state index in [-0.39, 0.29) is 63.3 Å². The highest BCUT2D eigenvalue weighted by Gasteiger charge is 2.52. The summed E-state index contributed by atoms with van der Waals surface area (Å²) in [6.07, 6.45) is 11.8. The third-order valence-electron chi connectivity index (χ3n) is 23.9. The first kappa shape index (κ1) is 82.6. The molecule has 3 heterocycles. The van der Waals surface area contributed by atoms with Gasteiger partial charge in [-0.05, 0) is 125 Å². The molecule has 4 aliphatic carbocycles. The van der Waals surface area contributed by atoms with Gasteiger partial charge in [-0.25, -0.2) is 0 Å². The smallest absolute Gasteiger partial charge is 0.343 e. The lowest BCUT2D eigenvalue weighted by Crippen LogP contribution is -2.65. The zero-order chi connectivity index (χ0) is 75.9. The normalized spacial score (nSPS) is 27.4. The van der Waals surface area contributed by atoms with Crippen molar-refractivity contribution in [3.8, 4) is 0 Å². The van der Waals surface area contributed by atoms with Crippen LogP contribution in [0.2, 0.25) is 5.02 Å².